The highest BCUT2D eigenvalue weighted by Gasteiger charge is 2.43. The highest BCUT2D eigenvalue weighted by molar-refractivity contribution is 6.30. The first-order valence-corrected chi connectivity index (χ1v) is 8.92. The van der Waals surface area contributed by atoms with Crippen molar-refractivity contribution < 1.29 is 19.1 Å². The first-order valence-electron chi connectivity index (χ1n) is 8.54. The van der Waals surface area contributed by atoms with E-state index < -0.39 is 11.5 Å². The molecule has 1 amide bonds. The molecule has 0 aliphatic heterocycles. The summed E-state index contributed by atoms with van der Waals surface area (Å²) < 4.78 is 4.90. The molecule has 5 nitrogen and oxygen atoms in total. The Morgan fingerprint density at radius 1 is 1.16 bits per heavy atom. The third-order valence-corrected chi connectivity index (χ3v) is 5.08. The van der Waals surface area contributed by atoms with Crippen molar-refractivity contribution in [1.29, 1.82) is 0 Å². The minimum atomic E-state index is -0.957. The van der Waals surface area contributed by atoms with E-state index in [9.17, 15) is 14.4 Å². The van der Waals surface area contributed by atoms with Crippen molar-refractivity contribution in [3.8, 4) is 0 Å². The van der Waals surface area contributed by atoms with E-state index in [4.69, 9.17) is 16.3 Å². The zero-order valence-corrected chi connectivity index (χ0v) is 15.4. The third-order valence-electron chi connectivity index (χ3n) is 4.83. The van der Waals surface area contributed by atoms with E-state index in [0.29, 0.717) is 29.3 Å². The summed E-state index contributed by atoms with van der Waals surface area (Å²) >= 11 is 5.80. The molecule has 0 heterocycles. The Morgan fingerprint density at radius 2 is 1.76 bits per heavy atom. The summed E-state index contributed by atoms with van der Waals surface area (Å²) in [6.07, 6.45) is 2.98. The lowest BCUT2D eigenvalue weighted by Gasteiger charge is -2.37. The predicted molar refractivity (Wildman–Crippen MR) is 95.5 cm³/mol. The summed E-state index contributed by atoms with van der Waals surface area (Å²) in [4.78, 5) is 36.7. The molecule has 0 unspecified atom stereocenters. The van der Waals surface area contributed by atoms with E-state index in [1.165, 1.54) is 7.11 Å². The number of methoxy groups -OCH3 is 1. The molecule has 6 heteroatoms. The Bertz CT molecular complexity index is 633. The number of Topliss-reactive ketones (excluding diaryl/α,β-unsaturated/α-hetero) is 1. The normalized spacial score (nSPS) is 22.9. The Hall–Kier alpha value is -1.88. The average molecular weight is 366 g/mol. The molecule has 1 aliphatic rings. The van der Waals surface area contributed by atoms with Crippen molar-refractivity contribution in [2.24, 2.45) is 5.92 Å². The fraction of sp³-hybridized carbons (Fsp3) is 0.526. The molecule has 0 aromatic heterocycles. The zero-order chi connectivity index (χ0) is 18.4. The lowest BCUT2D eigenvalue weighted by Crippen LogP contribution is -2.56. The molecule has 0 atom stereocenters. The highest BCUT2D eigenvalue weighted by atomic mass is 35.5. The number of hydrogen-bond acceptors (Lipinski definition) is 4. The first kappa shape index (κ1) is 19.4. The lowest BCUT2D eigenvalue weighted by molar-refractivity contribution is -0.153. The van der Waals surface area contributed by atoms with Crippen molar-refractivity contribution in [1.82, 2.24) is 5.32 Å². The van der Waals surface area contributed by atoms with Gasteiger partial charge in [0, 0.05) is 23.4 Å². The third kappa shape index (κ3) is 5.05. The summed E-state index contributed by atoms with van der Waals surface area (Å²) in [5, 5.41) is 3.39. The standard InChI is InChI=1S/C19H24ClNO4/c1-13-9-11-19(12-10-13,18(24)25-2)21-17(23)8-7-16(22)14-3-5-15(20)6-4-14/h3-6,13H,7-12H2,1-2H3,(H,21,23). The number of ether oxygens (including phenoxy) is 1. The van der Waals surface area contributed by atoms with Crippen LogP contribution in [0.15, 0.2) is 24.3 Å². The van der Waals surface area contributed by atoms with Crippen molar-refractivity contribution in [2.75, 3.05) is 7.11 Å². The smallest absolute Gasteiger partial charge is 0.331 e. The summed E-state index contributed by atoms with van der Waals surface area (Å²) in [6.45, 7) is 2.13. The van der Waals surface area contributed by atoms with Gasteiger partial charge in [-0.1, -0.05) is 18.5 Å². The molecule has 0 spiro atoms. The second kappa shape index (κ2) is 8.48. The van der Waals surface area contributed by atoms with Crippen LogP contribution in [-0.4, -0.2) is 30.3 Å². The van der Waals surface area contributed by atoms with Gasteiger partial charge < -0.3 is 10.1 Å². The minimum absolute atomic E-state index is 0.0375. The number of benzene rings is 1. The number of halogens is 1. The Labute approximate surface area is 153 Å². The van der Waals surface area contributed by atoms with Crippen LogP contribution in [0, 0.1) is 5.92 Å². The van der Waals surface area contributed by atoms with Crippen LogP contribution in [-0.2, 0) is 14.3 Å². The molecule has 1 fully saturated rings. The van der Waals surface area contributed by atoms with Gasteiger partial charge in [0.25, 0.3) is 0 Å². The molecular weight excluding hydrogens is 342 g/mol. The lowest BCUT2D eigenvalue weighted by atomic mass is 9.77. The molecule has 1 aliphatic carbocycles. The van der Waals surface area contributed by atoms with Crippen LogP contribution >= 0.6 is 11.6 Å². The maximum Gasteiger partial charge on any atom is 0.331 e. The van der Waals surface area contributed by atoms with Crippen molar-refractivity contribution in [3.05, 3.63) is 34.9 Å². The van der Waals surface area contributed by atoms with Crippen LogP contribution in [0.25, 0.3) is 0 Å². The van der Waals surface area contributed by atoms with E-state index in [0.717, 1.165) is 12.8 Å². The Morgan fingerprint density at radius 3 is 2.32 bits per heavy atom. The van der Waals surface area contributed by atoms with Gasteiger partial charge in [-0.05, 0) is 55.9 Å². The maximum absolute atomic E-state index is 12.3. The van der Waals surface area contributed by atoms with Gasteiger partial charge >= 0.3 is 5.97 Å². The van der Waals surface area contributed by atoms with E-state index in [2.05, 4.69) is 12.2 Å². The van der Waals surface area contributed by atoms with Gasteiger partial charge in [0.2, 0.25) is 5.91 Å². The molecule has 0 radical (unpaired) electrons. The fourth-order valence-corrected chi connectivity index (χ4v) is 3.29. The molecule has 1 N–H and O–H groups in total. The van der Waals surface area contributed by atoms with Gasteiger partial charge in [0.1, 0.15) is 5.54 Å². The fourth-order valence-electron chi connectivity index (χ4n) is 3.17. The van der Waals surface area contributed by atoms with E-state index >= 15 is 0 Å². The molecule has 0 bridgehead atoms. The molecule has 25 heavy (non-hydrogen) atoms. The number of nitrogens with one attached hydrogen (secondary N) is 1. The monoisotopic (exact) mass is 365 g/mol. The number of rotatable bonds is 6. The van der Waals surface area contributed by atoms with Crippen LogP contribution in [0.1, 0.15) is 55.8 Å². The Balaban J connectivity index is 1.94. The van der Waals surface area contributed by atoms with Gasteiger partial charge in [0.05, 0.1) is 7.11 Å². The van der Waals surface area contributed by atoms with Crippen molar-refractivity contribution in [2.45, 2.75) is 51.0 Å². The van der Waals surface area contributed by atoms with E-state index in [1.807, 2.05) is 0 Å². The van der Waals surface area contributed by atoms with Crippen LogP contribution < -0.4 is 5.32 Å². The topological polar surface area (TPSA) is 72.5 Å². The second-order valence-corrected chi connectivity index (χ2v) is 7.17. The molecule has 0 saturated heterocycles. The molecule has 136 valence electrons. The number of esters is 1. The average Bonchev–Trinajstić information content (AvgIpc) is 2.61. The molecule has 1 aromatic carbocycles. The van der Waals surface area contributed by atoms with E-state index in [1.54, 1.807) is 24.3 Å². The zero-order valence-electron chi connectivity index (χ0n) is 14.6. The molecule has 1 aromatic rings. The Kier molecular flexibility index (Phi) is 6.59. The molecule has 2 rings (SSSR count). The summed E-state index contributed by atoms with van der Waals surface area (Å²) in [6, 6.07) is 6.57. The number of hydrogen-bond donors (Lipinski definition) is 1. The van der Waals surface area contributed by atoms with Gasteiger partial charge in [-0.3, -0.25) is 9.59 Å². The maximum atomic E-state index is 12.3. The van der Waals surface area contributed by atoms with Crippen LogP contribution in [0.3, 0.4) is 0 Å². The minimum Gasteiger partial charge on any atom is -0.467 e. The highest BCUT2D eigenvalue weighted by Crippen LogP contribution is 2.33. The molecular formula is C19H24ClNO4. The van der Waals surface area contributed by atoms with Gasteiger partial charge in [0.15, 0.2) is 5.78 Å². The van der Waals surface area contributed by atoms with E-state index in [-0.39, 0.29) is 24.5 Å². The van der Waals surface area contributed by atoms with Crippen LogP contribution in [0.5, 0.6) is 0 Å². The number of amides is 1. The van der Waals surface area contributed by atoms with Crippen LogP contribution in [0.2, 0.25) is 5.02 Å². The SMILES string of the molecule is COC(=O)C1(NC(=O)CCC(=O)c2ccc(Cl)cc2)CCC(C)CC1. The number of ketones is 1. The quantitative estimate of drug-likeness (QED) is 0.618. The van der Waals surface area contributed by atoms with Crippen molar-refractivity contribution in [3.63, 3.8) is 0 Å². The largest absolute Gasteiger partial charge is 0.467 e. The van der Waals surface area contributed by atoms with Gasteiger partial charge in [-0.15, -0.1) is 0 Å². The number of carbonyl (C=O) groups excluding carboxylic acids is 3. The van der Waals surface area contributed by atoms with Gasteiger partial charge in [-0.2, -0.15) is 0 Å². The van der Waals surface area contributed by atoms with Crippen molar-refractivity contribution >= 4 is 29.3 Å². The van der Waals surface area contributed by atoms with Crippen LogP contribution in [0.4, 0.5) is 0 Å². The first-order chi connectivity index (χ1) is 11.9. The number of carbonyl (C=O) groups is 3. The summed E-state index contributed by atoms with van der Waals surface area (Å²) in [5.41, 5.74) is -0.437. The summed E-state index contributed by atoms with van der Waals surface area (Å²) in [5.74, 6) is -0.309. The summed E-state index contributed by atoms with van der Waals surface area (Å²) in [7, 11) is 1.33. The second-order valence-electron chi connectivity index (χ2n) is 6.73. The predicted octanol–water partition coefficient (Wildman–Crippen LogP) is 3.54. The molecule has 1 saturated carbocycles. The van der Waals surface area contributed by atoms with Gasteiger partial charge in [-0.25, -0.2) is 4.79 Å².